The van der Waals surface area contributed by atoms with Gasteiger partial charge in [0.2, 0.25) is 0 Å². The van der Waals surface area contributed by atoms with E-state index in [2.05, 4.69) is 11.7 Å². The minimum Gasteiger partial charge on any atom is -0.286 e. The molecule has 0 radical (unpaired) electrons. The second-order valence-corrected chi connectivity index (χ2v) is 5.08. The van der Waals surface area contributed by atoms with Crippen LogP contribution in [-0.4, -0.2) is 15.7 Å². The average molecular weight is 310 g/mol. The van der Waals surface area contributed by atoms with Crippen LogP contribution >= 0.6 is 23.2 Å². The van der Waals surface area contributed by atoms with Crippen LogP contribution in [0, 0.1) is 0 Å². The molecule has 6 heteroatoms. The first-order valence-electron chi connectivity index (χ1n) is 5.89. The predicted octanol–water partition coefficient (Wildman–Crippen LogP) is 3.45. The Morgan fingerprint density at radius 3 is 2.80 bits per heavy atom. The molecule has 0 unspecified atom stereocenters. The molecule has 0 spiro atoms. The van der Waals surface area contributed by atoms with Gasteiger partial charge in [-0.15, -0.1) is 0 Å². The molecular formula is C14H13Cl2N3O. The van der Waals surface area contributed by atoms with Gasteiger partial charge in [-0.1, -0.05) is 41.9 Å². The van der Waals surface area contributed by atoms with Crippen molar-refractivity contribution in [2.75, 3.05) is 4.90 Å². The van der Waals surface area contributed by atoms with Gasteiger partial charge in [-0.25, -0.2) is 0 Å². The molecule has 0 atom stereocenters. The number of rotatable bonds is 4. The van der Waals surface area contributed by atoms with Crippen molar-refractivity contribution in [3.63, 3.8) is 0 Å². The Labute approximate surface area is 127 Å². The van der Waals surface area contributed by atoms with Crippen LogP contribution in [-0.2, 0) is 18.4 Å². The smallest absolute Gasteiger partial charge is 0.251 e. The van der Waals surface area contributed by atoms with E-state index in [4.69, 9.17) is 23.2 Å². The van der Waals surface area contributed by atoms with Gasteiger partial charge in [0, 0.05) is 18.3 Å². The summed E-state index contributed by atoms with van der Waals surface area (Å²) in [5, 5.41) is 5.23. The summed E-state index contributed by atoms with van der Waals surface area (Å²) in [5.41, 5.74) is 0.884. The Bertz CT molecular complexity index is 652. The first-order chi connectivity index (χ1) is 9.51. The average Bonchev–Trinajstić information content (AvgIpc) is 2.74. The fraction of sp³-hybridized carbons (Fsp3) is 0.143. The SMILES string of the molecule is C=CC(=O)N(Cc1cccc(Cl)c1)c1nn(C)cc1Cl. The van der Waals surface area contributed by atoms with Gasteiger partial charge in [0.1, 0.15) is 5.02 Å². The van der Waals surface area contributed by atoms with Gasteiger partial charge in [-0.3, -0.25) is 14.4 Å². The summed E-state index contributed by atoms with van der Waals surface area (Å²) in [6.45, 7) is 3.83. The summed E-state index contributed by atoms with van der Waals surface area (Å²) < 4.78 is 1.55. The third kappa shape index (κ3) is 3.21. The summed E-state index contributed by atoms with van der Waals surface area (Å²) in [4.78, 5) is 13.5. The zero-order chi connectivity index (χ0) is 14.7. The maximum absolute atomic E-state index is 12.0. The van der Waals surface area contributed by atoms with Gasteiger partial charge < -0.3 is 0 Å². The number of anilines is 1. The van der Waals surface area contributed by atoms with Crippen molar-refractivity contribution in [3.8, 4) is 0 Å². The maximum Gasteiger partial charge on any atom is 0.251 e. The highest BCUT2D eigenvalue weighted by Crippen LogP contribution is 2.25. The Balaban J connectivity index is 2.36. The van der Waals surface area contributed by atoms with Crippen molar-refractivity contribution in [1.82, 2.24) is 9.78 Å². The normalized spacial score (nSPS) is 10.3. The van der Waals surface area contributed by atoms with E-state index in [0.717, 1.165) is 5.56 Å². The van der Waals surface area contributed by atoms with Crippen molar-refractivity contribution in [3.05, 3.63) is 58.7 Å². The van der Waals surface area contributed by atoms with Crippen LogP contribution in [0.1, 0.15) is 5.56 Å². The van der Waals surface area contributed by atoms with E-state index >= 15 is 0 Å². The topological polar surface area (TPSA) is 38.1 Å². The maximum atomic E-state index is 12.0. The monoisotopic (exact) mass is 309 g/mol. The van der Waals surface area contributed by atoms with Crippen molar-refractivity contribution < 1.29 is 4.79 Å². The molecule has 104 valence electrons. The first-order valence-corrected chi connectivity index (χ1v) is 6.64. The lowest BCUT2D eigenvalue weighted by Crippen LogP contribution is -2.29. The van der Waals surface area contributed by atoms with Crippen LogP contribution in [0.2, 0.25) is 10.0 Å². The second-order valence-electron chi connectivity index (χ2n) is 4.23. The van der Waals surface area contributed by atoms with Gasteiger partial charge in [0.25, 0.3) is 5.91 Å². The highest BCUT2D eigenvalue weighted by Gasteiger charge is 2.19. The number of halogens is 2. The third-order valence-corrected chi connectivity index (χ3v) is 3.19. The Hall–Kier alpha value is -1.78. The van der Waals surface area contributed by atoms with Gasteiger partial charge in [0.15, 0.2) is 5.82 Å². The summed E-state index contributed by atoms with van der Waals surface area (Å²) in [5.74, 6) is 0.129. The molecule has 0 N–H and O–H groups in total. The Morgan fingerprint density at radius 2 is 2.25 bits per heavy atom. The van der Waals surface area contributed by atoms with E-state index in [-0.39, 0.29) is 5.91 Å². The number of carbonyl (C=O) groups is 1. The van der Waals surface area contributed by atoms with Crippen LogP contribution in [0.25, 0.3) is 0 Å². The summed E-state index contributed by atoms with van der Waals surface area (Å²) in [6.07, 6.45) is 2.87. The van der Waals surface area contributed by atoms with E-state index in [1.165, 1.54) is 11.0 Å². The lowest BCUT2D eigenvalue weighted by molar-refractivity contribution is -0.114. The van der Waals surface area contributed by atoms with Crippen LogP contribution < -0.4 is 4.90 Å². The van der Waals surface area contributed by atoms with Gasteiger partial charge in [-0.05, 0) is 23.8 Å². The molecule has 1 aromatic heterocycles. The highest BCUT2D eigenvalue weighted by atomic mass is 35.5. The number of aryl methyl sites for hydroxylation is 1. The molecule has 0 fully saturated rings. The van der Waals surface area contributed by atoms with Crippen molar-refractivity contribution >= 4 is 34.9 Å². The summed E-state index contributed by atoms with van der Waals surface area (Å²) >= 11 is 12.1. The van der Waals surface area contributed by atoms with Crippen molar-refractivity contribution in [2.45, 2.75) is 6.54 Å². The number of hydrogen-bond donors (Lipinski definition) is 0. The fourth-order valence-electron chi connectivity index (χ4n) is 1.82. The third-order valence-electron chi connectivity index (χ3n) is 2.69. The number of carbonyl (C=O) groups excluding carboxylic acids is 1. The van der Waals surface area contributed by atoms with E-state index in [1.807, 2.05) is 12.1 Å². The minimum atomic E-state index is -0.273. The van der Waals surface area contributed by atoms with Crippen LogP contribution in [0.4, 0.5) is 5.82 Å². The molecule has 1 aromatic carbocycles. The fourth-order valence-corrected chi connectivity index (χ4v) is 2.31. The second kappa shape index (κ2) is 6.11. The first kappa shape index (κ1) is 14.6. The minimum absolute atomic E-state index is 0.273. The number of hydrogen-bond acceptors (Lipinski definition) is 2. The summed E-state index contributed by atoms with van der Waals surface area (Å²) in [7, 11) is 1.74. The standard InChI is InChI=1S/C14H13Cl2N3O/c1-3-13(20)19(14-12(16)9-18(2)17-14)8-10-5-4-6-11(15)7-10/h3-7,9H,1,8H2,2H3. The highest BCUT2D eigenvalue weighted by molar-refractivity contribution is 6.33. The van der Waals surface area contributed by atoms with Crippen LogP contribution in [0.3, 0.4) is 0 Å². The van der Waals surface area contributed by atoms with Crippen LogP contribution in [0.5, 0.6) is 0 Å². The molecule has 0 saturated heterocycles. The zero-order valence-corrected chi connectivity index (χ0v) is 12.4. The molecule has 1 amide bonds. The number of aromatic nitrogens is 2. The van der Waals surface area contributed by atoms with E-state index < -0.39 is 0 Å². The van der Waals surface area contributed by atoms with E-state index in [0.29, 0.717) is 22.4 Å². The van der Waals surface area contributed by atoms with Gasteiger partial charge in [0.05, 0.1) is 6.54 Å². The molecule has 20 heavy (non-hydrogen) atoms. The van der Waals surface area contributed by atoms with Gasteiger partial charge in [-0.2, -0.15) is 5.10 Å². The quantitative estimate of drug-likeness (QED) is 0.811. The largest absolute Gasteiger partial charge is 0.286 e. The number of benzene rings is 1. The van der Waals surface area contributed by atoms with Crippen molar-refractivity contribution in [1.29, 1.82) is 0 Å². The van der Waals surface area contributed by atoms with Gasteiger partial charge >= 0.3 is 0 Å². The zero-order valence-electron chi connectivity index (χ0n) is 10.9. The van der Waals surface area contributed by atoms with Crippen LogP contribution in [0.15, 0.2) is 43.1 Å². The van der Waals surface area contributed by atoms with E-state index in [9.17, 15) is 4.79 Å². The molecule has 2 aromatic rings. The molecular weight excluding hydrogens is 297 g/mol. The molecule has 0 aliphatic rings. The molecule has 0 bridgehead atoms. The molecule has 4 nitrogen and oxygen atoms in total. The molecule has 1 heterocycles. The van der Waals surface area contributed by atoms with E-state index in [1.54, 1.807) is 30.1 Å². The summed E-state index contributed by atoms with van der Waals surface area (Å²) in [6, 6.07) is 7.28. The molecule has 0 aliphatic heterocycles. The lowest BCUT2D eigenvalue weighted by atomic mass is 10.2. The Morgan fingerprint density at radius 1 is 1.50 bits per heavy atom. The van der Waals surface area contributed by atoms with Crippen molar-refractivity contribution in [2.24, 2.45) is 7.05 Å². The number of amides is 1. The predicted molar refractivity (Wildman–Crippen MR) is 81.1 cm³/mol. The number of nitrogens with zero attached hydrogens (tertiary/aromatic N) is 3. The lowest BCUT2D eigenvalue weighted by Gasteiger charge is -2.19. The molecule has 0 aliphatic carbocycles. The molecule has 0 saturated carbocycles. The Kier molecular flexibility index (Phi) is 4.47. The molecule has 2 rings (SSSR count).